The van der Waals surface area contributed by atoms with Gasteiger partial charge in [0.15, 0.2) is 0 Å². The minimum absolute atomic E-state index is 0.277. The van der Waals surface area contributed by atoms with Crippen molar-refractivity contribution >= 4 is 28.9 Å². The minimum atomic E-state index is -0.982. The lowest BCUT2D eigenvalue weighted by Crippen LogP contribution is -2.01. The average molecular weight is 331 g/mol. The first-order valence-corrected chi connectivity index (χ1v) is 6.38. The van der Waals surface area contributed by atoms with Gasteiger partial charge in [-0.3, -0.25) is 30.3 Å². The first kappa shape index (κ1) is 16.5. The van der Waals surface area contributed by atoms with Crippen LogP contribution in [0.5, 0.6) is 0 Å². The van der Waals surface area contributed by atoms with Crippen LogP contribution in [-0.4, -0.2) is 19.9 Å². The van der Waals surface area contributed by atoms with Gasteiger partial charge in [0.1, 0.15) is 11.3 Å². The van der Waals surface area contributed by atoms with Gasteiger partial charge < -0.3 is 5.11 Å². The monoisotopic (exact) mass is 331 g/mol. The van der Waals surface area contributed by atoms with E-state index in [4.69, 9.17) is 0 Å². The van der Waals surface area contributed by atoms with Gasteiger partial charge in [-0.25, -0.2) is 0 Å². The highest BCUT2D eigenvalue weighted by molar-refractivity contribution is 5.84. The number of aliphatic hydroxyl groups is 1. The van der Waals surface area contributed by atoms with Gasteiger partial charge in [-0.15, -0.1) is 0 Å². The number of hydrogen-bond acceptors (Lipinski definition) is 7. The van der Waals surface area contributed by atoms with Crippen molar-refractivity contribution in [1.82, 2.24) is 0 Å². The molecule has 0 fully saturated rings. The molecule has 0 radical (unpaired) electrons. The van der Waals surface area contributed by atoms with Gasteiger partial charge in [-0.1, -0.05) is 30.3 Å². The normalized spacial score (nSPS) is 11.1. The van der Waals surface area contributed by atoms with Crippen molar-refractivity contribution in [2.45, 2.75) is 0 Å². The highest BCUT2D eigenvalue weighted by atomic mass is 16.6. The SMILES string of the molecule is O=[N+]([O-])c1cc([N+](=O)[O-])c(/C=C(\O)c2ccccc2)c([N+](=O)[O-])c1. The molecule has 0 unspecified atom stereocenters. The fourth-order valence-corrected chi connectivity index (χ4v) is 1.99. The van der Waals surface area contributed by atoms with Crippen LogP contribution in [0, 0.1) is 30.3 Å². The second-order valence-corrected chi connectivity index (χ2v) is 4.56. The van der Waals surface area contributed by atoms with Gasteiger partial charge in [-0.2, -0.15) is 0 Å². The molecule has 2 rings (SSSR count). The number of nitro groups is 3. The Labute approximate surface area is 133 Å². The van der Waals surface area contributed by atoms with Gasteiger partial charge >= 0.3 is 0 Å². The summed E-state index contributed by atoms with van der Waals surface area (Å²) in [6, 6.07) is 9.07. The lowest BCUT2D eigenvalue weighted by molar-refractivity contribution is -0.403. The molecule has 0 aliphatic rings. The maximum atomic E-state index is 11.1. The maximum absolute atomic E-state index is 11.1. The Bertz CT molecular complexity index is 827. The minimum Gasteiger partial charge on any atom is -0.507 e. The fraction of sp³-hybridized carbons (Fsp3) is 0. The Morgan fingerprint density at radius 1 is 0.875 bits per heavy atom. The molecular weight excluding hydrogens is 322 g/mol. The summed E-state index contributed by atoms with van der Waals surface area (Å²) in [4.78, 5) is 30.1. The summed E-state index contributed by atoms with van der Waals surface area (Å²) in [6.07, 6.45) is 0.843. The van der Waals surface area contributed by atoms with Crippen LogP contribution in [0.1, 0.15) is 11.1 Å². The molecule has 10 heteroatoms. The van der Waals surface area contributed by atoms with E-state index in [9.17, 15) is 35.4 Å². The smallest absolute Gasteiger partial charge is 0.290 e. The van der Waals surface area contributed by atoms with Gasteiger partial charge in [-0.05, 0) is 0 Å². The van der Waals surface area contributed by atoms with Crippen molar-refractivity contribution in [3.63, 3.8) is 0 Å². The Kier molecular flexibility index (Phi) is 4.50. The topological polar surface area (TPSA) is 150 Å². The second kappa shape index (κ2) is 6.52. The molecule has 0 aliphatic heterocycles. The van der Waals surface area contributed by atoms with E-state index in [2.05, 4.69) is 0 Å². The van der Waals surface area contributed by atoms with Gasteiger partial charge in [0.25, 0.3) is 17.1 Å². The zero-order chi connectivity index (χ0) is 17.9. The Morgan fingerprint density at radius 3 is 1.79 bits per heavy atom. The molecule has 0 atom stereocenters. The molecule has 0 aromatic heterocycles. The summed E-state index contributed by atoms with van der Waals surface area (Å²) in [5, 5.41) is 43.1. The third-order valence-electron chi connectivity index (χ3n) is 3.08. The van der Waals surface area contributed by atoms with Crippen molar-refractivity contribution < 1.29 is 19.9 Å². The lowest BCUT2D eigenvalue weighted by Gasteiger charge is -2.03. The van der Waals surface area contributed by atoms with Gasteiger partial charge in [0.2, 0.25) is 0 Å². The molecule has 0 bridgehead atoms. The molecule has 0 saturated heterocycles. The quantitative estimate of drug-likeness (QED) is 0.381. The summed E-state index contributed by atoms with van der Waals surface area (Å²) < 4.78 is 0. The summed E-state index contributed by atoms with van der Waals surface area (Å²) in [7, 11) is 0. The molecule has 1 N–H and O–H groups in total. The predicted octanol–water partition coefficient (Wildman–Crippen LogP) is 3.47. The van der Waals surface area contributed by atoms with Gasteiger partial charge in [0, 0.05) is 11.6 Å². The van der Waals surface area contributed by atoms with Gasteiger partial charge in [0.05, 0.1) is 26.9 Å². The number of non-ortho nitro benzene ring substituents is 1. The van der Waals surface area contributed by atoms with Crippen LogP contribution in [0.4, 0.5) is 17.1 Å². The first-order valence-electron chi connectivity index (χ1n) is 6.38. The summed E-state index contributed by atoms with van der Waals surface area (Å²) in [5.41, 5.74) is -2.74. The molecular formula is C14H9N3O7. The number of nitrogens with zero attached hydrogens (tertiary/aromatic N) is 3. The molecule has 24 heavy (non-hydrogen) atoms. The zero-order valence-electron chi connectivity index (χ0n) is 11.9. The number of hydrogen-bond donors (Lipinski definition) is 1. The third-order valence-corrected chi connectivity index (χ3v) is 3.08. The Balaban J connectivity index is 2.74. The molecule has 0 amide bonds. The molecule has 0 aliphatic carbocycles. The van der Waals surface area contributed by atoms with Crippen LogP contribution < -0.4 is 0 Å². The van der Waals surface area contributed by atoms with Crippen molar-refractivity contribution in [2.75, 3.05) is 0 Å². The highest BCUT2D eigenvalue weighted by Gasteiger charge is 2.29. The van der Waals surface area contributed by atoms with Crippen LogP contribution in [0.15, 0.2) is 42.5 Å². The van der Waals surface area contributed by atoms with E-state index in [0.29, 0.717) is 12.1 Å². The lowest BCUT2D eigenvalue weighted by atomic mass is 10.1. The van der Waals surface area contributed by atoms with Crippen molar-refractivity contribution in [3.05, 3.63) is 83.9 Å². The number of rotatable bonds is 5. The first-order chi connectivity index (χ1) is 11.3. The summed E-state index contributed by atoms with van der Waals surface area (Å²) >= 11 is 0. The van der Waals surface area contributed by atoms with E-state index in [-0.39, 0.29) is 5.56 Å². The molecule has 10 nitrogen and oxygen atoms in total. The van der Waals surface area contributed by atoms with Crippen LogP contribution in [0.3, 0.4) is 0 Å². The molecule has 0 saturated carbocycles. The van der Waals surface area contributed by atoms with E-state index in [0.717, 1.165) is 6.08 Å². The third kappa shape index (κ3) is 3.32. The Hall–Kier alpha value is -3.82. The van der Waals surface area contributed by atoms with E-state index in [1.807, 2.05) is 0 Å². The van der Waals surface area contributed by atoms with Crippen LogP contribution >= 0.6 is 0 Å². The maximum Gasteiger partial charge on any atom is 0.290 e. The van der Waals surface area contributed by atoms with E-state index >= 15 is 0 Å². The van der Waals surface area contributed by atoms with Crippen molar-refractivity contribution in [2.24, 2.45) is 0 Å². The molecule has 2 aromatic rings. The van der Waals surface area contributed by atoms with Crippen LogP contribution in [0.2, 0.25) is 0 Å². The molecule has 0 spiro atoms. The second-order valence-electron chi connectivity index (χ2n) is 4.56. The number of aliphatic hydroxyl groups excluding tert-OH is 1. The summed E-state index contributed by atoms with van der Waals surface area (Å²) in [5.74, 6) is -0.448. The zero-order valence-corrected chi connectivity index (χ0v) is 11.9. The van der Waals surface area contributed by atoms with Crippen molar-refractivity contribution in [1.29, 1.82) is 0 Å². The highest BCUT2D eigenvalue weighted by Crippen LogP contribution is 2.36. The molecule has 2 aromatic carbocycles. The van der Waals surface area contributed by atoms with E-state index in [1.165, 1.54) is 12.1 Å². The molecule has 0 heterocycles. The Morgan fingerprint density at radius 2 is 1.38 bits per heavy atom. The summed E-state index contributed by atoms with van der Waals surface area (Å²) in [6.45, 7) is 0. The van der Waals surface area contributed by atoms with Crippen LogP contribution in [0.25, 0.3) is 11.8 Å². The fourth-order valence-electron chi connectivity index (χ4n) is 1.99. The van der Waals surface area contributed by atoms with Crippen LogP contribution in [-0.2, 0) is 0 Å². The standard InChI is InChI=1S/C14H9N3O7/c18-14(9-4-2-1-3-5-9)8-11-12(16(21)22)6-10(15(19)20)7-13(11)17(23)24/h1-8,18H/b14-8-. The van der Waals surface area contributed by atoms with E-state index < -0.39 is 43.2 Å². The number of benzene rings is 2. The largest absolute Gasteiger partial charge is 0.507 e. The predicted molar refractivity (Wildman–Crippen MR) is 83.3 cm³/mol. The molecule has 122 valence electrons. The average Bonchev–Trinajstić information content (AvgIpc) is 2.54. The number of nitro benzene ring substituents is 3. The van der Waals surface area contributed by atoms with Crippen molar-refractivity contribution in [3.8, 4) is 0 Å². The van der Waals surface area contributed by atoms with E-state index in [1.54, 1.807) is 18.2 Å².